The molecule has 3 rings (SSSR count). The van der Waals surface area contributed by atoms with Crippen LogP contribution in [0.2, 0.25) is 0 Å². The number of nitrogens with zero attached hydrogens (tertiary/aromatic N) is 1. The van der Waals surface area contributed by atoms with Gasteiger partial charge in [-0.3, -0.25) is 9.59 Å². The molecule has 140 valence electrons. The van der Waals surface area contributed by atoms with E-state index in [0.29, 0.717) is 18.0 Å². The molecule has 7 heteroatoms. The fraction of sp³-hybridized carbons (Fsp3) is 0.250. The van der Waals surface area contributed by atoms with Gasteiger partial charge in [0.1, 0.15) is 5.75 Å². The number of aromatic carboxylic acids is 1. The lowest BCUT2D eigenvalue weighted by Gasteiger charge is -2.17. The normalized spacial score (nSPS) is 16.3. The molecule has 1 atom stereocenters. The van der Waals surface area contributed by atoms with Gasteiger partial charge in [0.2, 0.25) is 11.8 Å². The number of hydrogen-bond donors (Lipinski definition) is 2. The van der Waals surface area contributed by atoms with Crippen molar-refractivity contribution in [1.82, 2.24) is 0 Å². The second-order valence-corrected chi connectivity index (χ2v) is 6.21. The predicted molar refractivity (Wildman–Crippen MR) is 100 cm³/mol. The van der Waals surface area contributed by atoms with Crippen LogP contribution in [0.5, 0.6) is 5.75 Å². The Kier molecular flexibility index (Phi) is 5.40. The Labute approximate surface area is 156 Å². The number of hydrogen-bond acceptors (Lipinski definition) is 4. The number of rotatable bonds is 6. The number of benzene rings is 2. The summed E-state index contributed by atoms with van der Waals surface area (Å²) in [5.74, 6) is -1.28. The average Bonchev–Trinajstić information content (AvgIpc) is 3.05. The minimum atomic E-state index is -1.07. The number of carbonyl (C=O) groups excluding carboxylic acids is 2. The highest BCUT2D eigenvalue weighted by Crippen LogP contribution is 2.27. The number of carboxylic acid groups (broad SMARTS) is 1. The van der Waals surface area contributed by atoms with Crippen molar-refractivity contribution in [3.05, 3.63) is 54.1 Å². The van der Waals surface area contributed by atoms with Gasteiger partial charge in [0.15, 0.2) is 0 Å². The summed E-state index contributed by atoms with van der Waals surface area (Å²) in [7, 11) is 0. The second-order valence-electron chi connectivity index (χ2n) is 6.21. The van der Waals surface area contributed by atoms with Crippen molar-refractivity contribution < 1.29 is 24.2 Å². The van der Waals surface area contributed by atoms with Crippen LogP contribution in [-0.2, 0) is 9.59 Å². The van der Waals surface area contributed by atoms with Crippen LogP contribution in [0, 0.1) is 5.92 Å². The number of nitrogens with one attached hydrogen (secondary N) is 1. The summed E-state index contributed by atoms with van der Waals surface area (Å²) in [6, 6.07) is 13.2. The van der Waals surface area contributed by atoms with E-state index in [1.165, 1.54) is 12.1 Å². The third kappa shape index (κ3) is 4.25. The summed E-state index contributed by atoms with van der Waals surface area (Å²) >= 11 is 0. The lowest BCUT2D eigenvalue weighted by atomic mass is 10.1. The van der Waals surface area contributed by atoms with E-state index in [1.807, 2.05) is 6.92 Å². The largest absolute Gasteiger partial charge is 0.494 e. The third-order valence-electron chi connectivity index (χ3n) is 4.33. The Bertz CT molecular complexity index is 863. The first-order valence-electron chi connectivity index (χ1n) is 8.65. The first-order valence-corrected chi connectivity index (χ1v) is 8.65. The molecule has 1 fully saturated rings. The molecular weight excluding hydrogens is 348 g/mol. The SMILES string of the molecule is CCOc1ccc(N2C[C@H](C(=O)Nc3cccc(C(=O)O)c3)CC2=O)cc1. The topological polar surface area (TPSA) is 95.9 Å². The number of anilines is 2. The fourth-order valence-corrected chi connectivity index (χ4v) is 3.00. The zero-order valence-electron chi connectivity index (χ0n) is 14.8. The Morgan fingerprint density at radius 3 is 2.63 bits per heavy atom. The molecule has 1 aliphatic rings. The molecule has 0 saturated carbocycles. The molecule has 0 spiro atoms. The molecular formula is C20H20N2O5. The molecule has 2 aromatic rings. The molecule has 0 radical (unpaired) electrons. The Morgan fingerprint density at radius 1 is 1.22 bits per heavy atom. The molecule has 1 heterocycles. The van der Waals surface area contributed by atoms with Crippen LogP contribution in [0.4, 0.5) is 11.4 Å². The van der Waals surface area contributed by atoms with Crippen molar-refractivity contribution in [3.8, 4) is 5.75 Å². The van der Waals surface area contributed by atoms with E-state index in [2.05, 4.69) is 5.32 Å². The average molecular weight is 368 g/mol. The molecule has 2 aromatic carbocycles. The highest BCUT2D eigenvalue weighted by atomic mass is 16.5. The zero-order chi connectivity index (χ0) is 19.4. The lowest BCUT2D eigenvalue weighted by molar-refractivity contribution is -0.122. The van der Waals surface area contributed by atoms with Gasteiger partial charge in [0, 0.05) is 24.3 Å². The smallest absolute Gasteiger partial charge is 0.335 e. The Hall–Kier alpha value is -3.35. The summed E-state index contributed by atoms with van der Waals surface area (Å²) in [5.41, 5.74) is 1.20. The first kappa shape index (κ1) is 18.4. The maximum Gasteiger partial charge on any atom is 0.335 e. The monoisotopic (exact) mass is 368 g/mol. The summed E-state index contributed by atoms with van der Waals surface area (Å²) in [4.78, 5) is 37.4. The molecule has 27 heavy (non-hydrogen) atoms. The van der Waals surface area contributed by atoms with Crippen LogP contribution in [0.25, 0.3) is 0 Å². The molecule has 2 N–H and O–H groups in total. The standard InChI is InChI=1S/C20H20N2O5/c1-2-27-17-8-6-16(7-9-17)22-12-14(11-18(22)23)19(24)21-15-5-3-4-13(10-15)20(25)26/h3-10,14H,2,11-12H2,1H3,(H,21,24)(H,25,26)/t14-/m1/s1. The van der Waals surface area contributed by atoms with Gasteiger partial charge in [-0.05, 0) is 49.4 Å². The maximum absolute atomic E-state index is 12.5. The van der Waals surface area contributed by atoms with E-state index in [-0.39, 0.29) is 30.3 Å². The van der Waals surface area contributed by atoms with Gasteiger partial charge in [-0.15, -0.1) is 0 Å². The number of carboxylic acids is 1. The van der Waals surface area contributed by atoms with Crippen molar-refractivity contribution in [2.24, 2.45) is 5.92 Å². The van der Waals surface area contributed by atoms with Crippen molar-refractivity contribution in [2.75, 3.05) is 23.4 Å². The highest BCUT2D eigenvalue weighted by Gasteiger charge is 2.35. The molecule has 0 aliphatic carbocycles. The molecule has 7 nitrogen and oxygen atoms in total. The Balaban J connectivity index is 1.66. The van der Waals surface area contributed by atoms with Crippen LogP contribution in [0.1, 0.15) is 23.7 Å². The molecule has 1 saturated heterocycles. The minimum Gasteiger partial charge on any atom is -0.494 e. The van der Waals surface area contributed by atoms with E-state index in [4.69, 9.17) is 9.84 Å². The summed E-state index contributed by atoms with van der Waals surface area (Å²) < 4.78 is 5.39. The predicted octanol–water partition coefficient (Wildman–Crippen LogP) is 2.78. The quantitative estimate of drug-likeness (QED) is 0.817. The van der Waals surface area contributed by atoms with E-state index in [1.54, 1.807) is 41.3 Å². The first-order chi connectivity index (χ1) is 13.0. The van der Waals surface area contributed by atoms with E-state index < -0.39 is 11.9 Å². The zero-order valence-corrected chi connectivity index (χ0v) is 14.8. The van der Waals surface area contributed by atoms with Crippen LogP contribution >= 0.6 is 0 Å². The van der Waals surface area contributed by atoms with Gasteiger partial charge in [0.25, 0.3) is 0 Å². The van der Waals surface area contributed by atoms with Crippen LogP contribution in [0.15, 0.2) is 48.5 Å². The molecule has 0 bridgehead atoms. The van der Waals surface area contributed by atoms with Gasteiger partial charge in [0.05, 0.1) is 18.1 Å². The number of ether oxygens (including phenoxy) is 1. The molecule has 1 aliphatic heterocycles. The van der Waals surface area contributed by atoms with Gasteiger partial charge in [-0.1, -0.05) is 6.07 Å². The van der Waals surface area contributed by atoms with E-state index in [0.717, 1.165) is 5.75 Å². The van der Waals surface area contributed by atoms with Gasteiger partial charge in [-0.2, -0.15) is 0 Å². The summed E-state index contributed by atoms with van der Waals surface area (Å²) in [6.07, 6.45) is 0.109. The van der Waals surface area contributed by atoms with Gasteiger partial charge >= 0.3 is 5.97 Å². The Morgan fingerprint density at radius 2 is 1.96 bits per heavy atom. The van der Waals surface area contributed by atoms with Crippen LogP contribution in [0.3, 0.4) is 0 Å². The number of amides is 2. The van der Waals surface area contributed by atoms with Crippen molar-refractivity contribution in [1.29, 1.82) is 0 Å². The molecule has 0 unspecified atom stereocenters. The van der Waals surface area contributed by atoms with E-state index in [9.17, 15) is 14.4 Å². The molecule has 0 aromatic heterocycles. The third-order valence-corrected chi connectivity index (χ3v) is 4.33. The van der Waals surface area contributed by atoms with Crippen LogP contribution in [-0.4, -0.2) is 36.0 Å². The highest BCUT2D eigenvalue weighted by molar-refractivity contribution is 6.03. The lowest BCUT2D eigenvalue weighted by Crippen LogP contribution is -2.28. The van der Waals surface area contributed by atoms with Crippen LogP contribution < -0.4 is 15.0 Å². The fourth-order valence-electron chi connectivity index (χ4n) is 3.00. The van der Waals surface area contributed by atoms with Crippen molar-refractivity contribution in [3.63, 3.8) is 0 Å². The van der Waals surface area contributed by atoms with Crippen molar-refractivity contribution >= 4 is 29.2 Å². The van der Waals surface area contributed by atoms with E-state index >= 15 is 0 Å². The van der Waals surface area contributed by atoms with Gasteiger partial charge < -0.3 is 20.1 Å². The summed E-state index contributed by atoms with van der Waals surface area (Å²) in [6.45, 7) is 2.73. The second kappa shape index (κ2) is 7.90. The molecule has 2 amide bonds. The maximum atomic E-state index is 12.5. The number of carbonyl (C=O) groups is 3. The van der Waals surface area contributed by atoms with Gasteiger partial charge in [-0.25, -0.2) is 4.79 Å². The van der Waals surface area contributed by atoms with Crippen molar-refractivity contribution in [2.45, 2.75) is 13.3 Å². The summed E-state index contributed by atoms with van der Waals surface area (Å²) in [5, 5.41) is 11.7. The minimum absolute atomic E-state index is 0.0892.